The van der Waals surface area contributed by atoms with E-state index in [-0.39, 0.29) is 11.1 Å². The summed E-state index contributed by atoms with van der Waals surface area (Å²) in [6, 6.07) is 18.5. The molecule has 0 aliphatic heterocycles. The Morgan fingerprint density at radius 2 is 0.900 bits per heavy atom. The standard InChI is InChI=1S/C22H14Cl2N2O4/c23-19(27)15-3-1-5-17(11-15)25-21(29)13-7-9-14(10-8-13)22(30)26-18-6-2-4-16(12-18)20(24)28/h1-12H,(H,25,29)(H,26,30). The fourth-order valence-electron chi connectivity index (χ4n) is 2.62. The van der Waals surface area contributed by atoms with Gasteiger partial charge in [-0.3, -0.25) is 19.2 Å². The van der Waals surface area contributed by atoms with Crippen LogP contribution in [0.25, 0.3) is 0 Å². The molecule has 6 nitrogen and oxygen atoms in total. The summed E-state index contributed by atoms with van der Waals surface area (Å²) in [6.45, 7) is 0. The summed E-state index contributed by atoms with van der Waals surface area (Å²) in [5.74, 6) is -0.816. The van der Waals surface area contributed by atoms with Crippen LogP contribution in [0.15, 0.2) is 72.8 Å². The molecule has 2 N–H and O–H groups in total. The molecule has 2 amide bonds. The van der Waals surface area contributed by atoms with Crippen LogP contribution in [0.3, 0.4) is 0 Å². The number of benzene rings is 3. The van der Waals surface area contributed by atoms with Gasteiger partial charge in [0.2, 0.25) is 0 Å². The minimum Gasteiger partial charge on any atom is -0.322 e. The molecule has 0 aromatic heterocycles. The van der Waals surface area contributed by atoms with Crippen LogP contribution in [-0.4, -0.2) is 22.3 Å². The summed E-state index contributed by atoms with van der Waals surface area (Å²) in [4.78, 5) is 47.2. The number of carbonyl (C=O) groups excluding carboxylic acids is 4. The lowest BCUT2D eigenvalue weighted by atomic mass is 10.1. The Morgan fingerprint density at radius 1 is 0.533 bits per heavy atom. The van der Waals surface area contributed by atoms with Gasteiger partial charge in [-0.1, -0.05) is 12.1 Å². The number of anilines is 2. The monoisotopic (exact) mass is 440 g/mol. The highest BCUT2D eigenvalue weighted by molar-refractivity contribution is 6.68. The van der Waals surface area contributed by atoms with E-state index in [1.54, 1.807) is 24.3 Å². The third-order valence-electron chi connectivity index (χ3n) is 4.10. The summed E-state index contributed by atoms with van der Waals surface area (Å²) in [7, 11) is 0. The summed E-state index contributed by atoms with van der Waals surface area (Å²) in [6.07, 6.45) is 0. The van der Waals surface area contributed by atoms with Gasteiger partial charge < -0.3 is 10.6 Å². The van der Waals surface area contributed by atoms with Crippen molar-refractivity contribution in [2.45, 2.75) is 0 Å². The predicted molar refractivity (Wildman–Crippen MR) is 116 cm³/mol. The van der Waals surface area contributed by atoms with Crippen LogP contribution in [0.5, 0.6) is 0 Å². The molecule has 3 aromatic carbocycles. The molecule has 8 heteroatoms. The van der Waals surface area contributed by atoms with Crippen molar-refractivity contribution in [1.29, 1.82) is 0 Å². The largest absolute Gasteiger partial charge is 0.322 e. The highest BCUT2D eigenvalue weighted by Gasteiger charge is 2.11. The molecule has 0 bridgehead atoms. The molecule has 3 aromatic rings. The van der Waals surface area contributed by atoms with Gasteiger partial charge in [0.25, 0.3) is 22.3 Å². The molecule has 0 atom stereocenters. The van der Waals surface area contributed by atoms with Gasteiger partial charge in [0.15, 0.2) is 0 Å². The maximum atomic E-state index is 12.4. The quantitative estimate of drug-likeness (QED) is 0.530. The normalized spacial score (nSPS) is 10.2. The summed E-state index contributed by atoms with van der Waals surface area (Å²) in [5, 5.41) is 4.08. The van der Waals surface area contributed by atoms with Crippen molar-refractivity contribution in [3.8, 4) is 0 Å². The van der Waals surface area contributed by atoms with Crippen molar-refractivity contribution < 1.29 is 19.2 Å². The van der Waals surface area contributed by atoms with Gasteiger partial charge in [-0.2, -0.15) is 0 Å². The van der Waals surface area contributed by atoms with E-state index in [1.165, 1.54) is 48.5 Å². The number of hydrogen-bond donors (Lipinski definition) is 2. The van der Waals surface area contributed by atoms with E-state index in [0.717, 1.165) is 0 Å². The second kappa shape index (κ2) is 9.35. The maximum absolute atomic E-state index is 12.4. The summed E-state index contributed by atoms with van der Waals surface area (Å²) >= 11 is 10.9. The van der Waals surface area contributed by atoms with Gasteiger partial charge in [0.1, 0.15) is 0 Å². The highest BCUT2D eigenvalue weighted by Crippen LogP contribution is 2.16. The Kier molecular flexibility index (Phi) is 6.61. The van der Waals surface area contributed by atoms with Crippen molar-refractivity contribution in [2.24, 2.45) is 0 Å². The van der Waals surface area contributed by atoms with Crippen LogP contribution in [0.1, 0.15) is 41.4 Å². The Hall–Kier alpha value is -3.48. The molecule has 30 heavy (non-hydrogen) atoms. The highest BCUT2D eigenvalue weighted by atomic mass is 35.5. The van der Waals surface area contributed by atoms with Gasteiger partial charge in [-0.25, -0.2) is 0 Å². The van der Waals surface area contributed by atoms with Crippen molar-refractivity contribution >= 4 is 56.9 Å². The molecule has 0 radical (unpaired) electrons. The lowest BCUT2D eigenvalue weighted by molar-refractivity contribution is 0.101. The average molecular weight is 441 g/mol. The second-order valence-electron chi connectivity index (χ2n) is 6.19. The number of hydrogen-bond acceptors (Lipinski definition) is 4. The van der Waals surface area contributed by atoms with Gasteiger partial charge in [-0.15, -0.1) is 0 Å². The smallest absolute Gasteiger partial charge is 0.255 e. The molecule has 0 saturated carbocycles. The SMILES string of the molecule is O=C(Cl)c1cccc(NC(=O)c2ccc(C(=O)Nc3cccc(C(=O)Cl)c3)cc2)c1. The maximum Gasteiger partial charge on any atom is 0.255 e. The molecule has 0 spiro atoms. The van der Waals surface area contributed by atoms with Crippen molar-refractivity contribution in [3.63, 3.8) is 0 Å². The van der Waals surface area contributed by atoms with Gasteiger partial charge >= 0.3 is 0 Å². The van der Waals surface area contributed by atoms with Crippen LogP contribution >= 0.6 is 23.2 Å². The fraction of sp³-hybridized carbons (Fsp3) is 0. The number of rotatable bonds is 6. The van der Waals surface area contributed by atoms with Crippen LogP contribution in [0.2, 0.25) is 0 Å². The Balaban J connectivity index is 1.68. The van der Waals surface area contributed by atoms with Crippen LogP contribution < -0.4 is 10.6 Å². The molecule has 0 aliphatic rings. The number of nitrogens with one attached hydrogen (secondary N) is 2. The van der Waals surface area contributed by atoms with Gasteiger partial charge in [-0.05, 0) is 83.9 Å². The summed E-state index contributed by atoms with van der Waals surface area (Å²) in [5.41, 5.74) is 2.01. The lowest BCUT2D eigenvalue weighted by Crippen LogP contribution is -2.14. The topological polar surface area (TPSA) is 92.3 Å². The molecular formula is C22H14Cl2N2O4. The molecule has 0 aliphatic carbocycles. The molecule has 0 fully saturated rings. The van der Waals surface area contributed by atoms with E-state index < -0.39 is 22.3 Å². The van der Waals surface area contributed by atoms with E-state index in [4.69, 9.17) is 23.2 Å². The van der Waals surface area contributed by atoms with Crippen molar-refractivity contribution in [3.05, 3.63) is 95.1 Å². The Bertz CT molecular complexity index is 1050. The first-order valence-corrected chi connectivity index (χ1v) is 9.41. The summed E-state index contributed by atoms with van der Waals surface area (Å²) < 4.78 is 0. The van der Waals surface area contributed by atoms with E-state index in [9.17, 15) is 19.2 Å². The molecular weight excluding hydrogens is 427 g/mol. The van der Waals surface area contributed by atoms with Crippen LogP contribution in [0.4, 0.5) is 11.4 Å². The zero-order chi connectivity index (χ0) is 21.7. The Labute approximate surface area is 181 Å². The predicted octanol–water partition coefficient (Wildman–Crippen LogP) is 4.95. The molecule has 0 heterocycles. The van der Waals surface area contributed by atoms with Crippen LogP contribution in [0, 0.1) is 0 Å². The molecule has 0 saturated heterocycles. The van der Waals surface area contributed by atoms with Crippen molar-refractivity contribution in [1.82, 2.24) is 0 Å². The van der Waals surface area contributed by atoms with E-state index in [2.05, 4.69) is 10.6 Å². The first-order valence-electron chi connectivity index (χ1n) is 8.66. The minimum atomic E-state index is -0.623. The van der Waals surface area contributed by atoms with Crippen molar-refractivity contribution in [2.75, 3.05) is 10.6 Å². The average Bonchev–Trinajstić information content (AvgIpc) is 2.74. The number of halogens is 2. The molecule has 3 rings (SSSR count). The van der Waals surface area contributed by atoms with Gasteiger partial charge in [0, 0.05) is 33.6 Å². The number of carbonyl (C=O) groups is 4. The zero-order valence-electron chi connectivity index (χ0n) is 15.3. The third kappa shape index (κ3) is 5.31. The third-order valence-corrected chi connectivity index (χ3v) is 4.54. The molecule has 150 valence electrons. The first kappa shape index (κ1) is 21.2. The van der Waals surface area contributed by atoms with Crippen LogP contribution in [-0.2, 0) is 0 Å². The minimum absolute atomic E-state index is 0.265. The Morgan fingerprint density at radius 3 is 1.23 bits per heavy atom. The lowest BCUT2D eigenvalue weighted by Gasteiger charge is -2.08. The van der Waals surface area contributed by atoms with E-state index in [1.807, 2.05) is 0 Å². The zero-order valence-corrected chi connectivity index (χ0v) is 16.8. The van der Waals surface area contributed by atoms with Gasteiger partial charge in [0.05, 0.1) is 0 Å². The molecule has 0 unspecified atom stereocenters. The fourth-order valence-corrected chi connectivity index (χ4v) is 2.85. The second-order valence-corrected chi connectivity index (χ2v) is 6.88. The first-order chi connectivity index (χ1) is 14.3. The number of amides is 2. The van der Waals surface area contributed by atoms with E-state index in [0.29, 0.717) is 22.5 Å². The van der Waals surface area contributed by atoms with E-state index >= 15 is 0 Å².